The van der Waals surface area contributed by atoms with E-state index < -0.39 is 11.8 Å². The van der Waals surface area contributed by atoms with Gasteiger partial charge in [0.05, 0.1) is 19.9 Å². The standard InChI is InChI=1S/C15H22N2O5/c1-4-22-9-5-8-16-14(18)15(19)17-12-7-6-11(20-2)10-13(12)21-3/h6-7,10H,4-5,8-9H2,1-3H3,(H,16,18)(H,17,19). The van der Waals surface area contributed by atoms with E-state index in [1.807, 2.05) is 6.92 Å². The number of anilines is 1. The minimum atomic E-state index is -0.750. The second kappa shape index (κ2) is 9.62. The summed E-state index contributed by atoms with van der Waals surface area (Å²) in [5, 5.41) is 5.03. The molecule has 0 unspecified atom stereocenters. The molecule has 0 aliphatic carbocycles. The molecule has 0 fully saturated rings. The number of rotatable bonds is 8. The first-order valence-corrected chi connectivity index (χ1v) is 7.01. The van der Waals surface area contributed by atoms with E-state index in [1.165, 1.54) is 14.2 Å². The Hall–Kier alpha value is -2.28. The highest BCUT2D eigenvalue weighted by Gasteiger charge is 2.15. The zero-order valence-corrected chi connectivity index (χ0v) is 13.1. The van der Waals surface area contributed by atoms with Gasteiger partial charge in [-0.05, 0) is 25.5 Å². The summed E-state index contributed by atoms with van der Waals surface area (Å²) in [6.07, 6.45) is 0.652. The van der Waals surface area contributed by atoms with E-state index in [1.54, 1.807) is 18.2 Å². The third-order valence-electron chi connectivity index (χ3n) is 2.82. The molecular weight excluding hydrogens is 288 g/mol. The molecule has 7 heteroatoms. The molecule has 1 aromatic rings. The fraction of sp³-hybridized carbons (Fsp3) is 0.467. The third-order valence-corrected chi connectivity index (χ3v) is 2.82. The molecule has 0 bridgehead atoms. The minimum Gasteiger partial charge on any atom is -0.497 e. The van der Waals surface area contributed by atoms with Crippen LogP contribution in [0, 0.1) is 0 Å². The molecule has 0 atom stereocenters. The Morgan fingerprint density at radius 1 is 1.14 bits per heavy atom. The van der Waals surface area contributed by atoms with E-state index in [4.69, 9.17) is 14.2 Å². The molecule has 0 aromatic heterocycles. The number of nitrogens with one attached hydrogen (secondary N) is 2. The molecule has 1 aromatic carbocycles. The average Bonchev–Trinajstić information content (AvgIpc) is 2.54. The predicted molar refractivity (Wildman–Crippen MR) is 82.3 cm³/mol. The van der Waals surface area contributed by atoms with E-state index in [2.05, 4.69) is 10.6 Å². The molecule has 1 rings (SSSR count). The van der Waals surface area contributed by atoms with Gasteiger partial charge in [-0.3, -0.25) is 9.59 Å². The largest absolute Gasteiger partial charge is 0.497 e. The SMILES string of the molecule is CCOCCCNC(=O)C(=O)Nc1ccc(OC)cc1OC. The first-order valence-electron chi connectivity index (χ1n) is 7.01. The van der Waals surface area contributed by atoms with Crippen LogP contribution in [0.25, 0.3) is 0 Å². The predicted octanol–water partition coefficient (Wildman–Crippen LogP) is 1.19. The summed E-state index contributed by atoms with van der Waals surface area (Å²) in [5.74, 6) is -0.443. The minimum absolute atomic E-state index is 0.381. The first kappa shape index (κ1) is 17.8. The Balaban J connectivity index is 2.51. The molecule has 0 radical (unpaired) electrons. The molecule has 22 heavy (non-hydrogen) atoms. The van der Waals surface area contributed by atoms with Crippen LogP contribution in [0.4, 0.5) is 5.69 Å². The highest BCUT2D eigenvalue weighted by molar-refractivity contribution is 6.39. The van der Waals surface area contributed by atoms with Crippen molar-refractivity contribution in [3.63, 3.8) is 0 Å². The lowest BCUT2D eigenvalue weighted by Gasteiger charge is -2.11. The van der Waals surface area contributed by atoms with Crippen LogP contribution < -0.4 is 20.1 Å². The number of methoxy groups -OCH3 is 2. The van der Waals surface area contributed by atoms with E-state index in [-0.39, 0.29) is 0 Å². The fourth-order valence-corrected chi connectivity index (χ4v) is 1.68. The molecule has 0 saturated heterocycles. The molecule has 7 nitrogen and oxygen atoms in total. The Labute approximate surface area is 129 Å². The molecule has 122 valence electrons. The van der Waals surface area contributed by atoms with Crippen molar-refractivity contribution in [2.24, 2.45) is 0 Å². The molecular formula is C15H22N2O5. The van der Waals surface area contributed by atoms with Gasteiger partial charge in [-0.15, -0.1) is 0 Å². The van der Waals surface area contributed by atoms with Crippen LogP contribution in [0.2, 0.25) is 0 Å². The van der Waals surface area contributed by atoms with Crippen molar-refractivity contribution in [1.29, 1.82) is 0 Å². The summed E-state index contributed by atoms with van der Waals surface area (Å²) < 4.78 is 15.4. The first-order chi connectivity index (χ1) is 10.6. The van der Waals surface area contributed by atoms with Crippen LogP contribution in [0.3, 0.4) is 0 Å². The van der Waals surface area contributed by atoms with Crippen molar-refractivity contribution in [2.45, 2.75) is 13.3 Å². The van der Waals surface area contributed by atoms with Crippen molar-refractivity contribution in [3.8, 4) is 11.5 Å². The zero-order chi connectivity index (χ0) is 16.4. The van der Waals surface area contributed by atoms with Crippen LogP contribution in [0.5, 0.6) is 11.5 Å². The molecule has 0 aliphatic heterocycles. The maximum atomic E-state index is 11.8. The average molecular weight is 310 g/mol. The van der Waals surface area contributed by atoms with Gasteiger partial charge in [0.2, 0.25) is 0 Å². The molecule has 2 amide bonds. The molecule has 0 saturated carbocycles. The van der Waals surface area contributed by atoms with Crippen molar-refractivity contribution in [1.82, 2.24) is 5.32 Å². The third kappa shape index (κ3) is 5.61. The fourth-order valence-electron chi connectivity index (χ4n) is 1.68. The maximum absolute atomic E-state index is 11.8. The van der Waals surface area contributed by atoms with Gasteiger partial charge in [-0.2, -0.15) is 0 Å². The van der Waals surface area contributed by atoms with Crippen molar-refractivity contribution >= 4 is 17.5 Å². The van der Waals surface area contributed by atoms with Crippen LogP contribution >= 0.6 is 0 Å². The van der Waals surface area contributed by atoms with Crippen molar-refractivity contribution in [3.05, 3.63) is 18.2 Å². The lowest BCUT2D eigenvalue weighted by atomic mass is 10.2. The van der Waals surface area contributed by atoms with E-state index in [0.29, 0.717) is 43.4 Å². The summed E-state index contributed by atoms with van der Waals surface area (Å²) in [6, 6.07) is 4.89. The van der Waals surface area contributed by atoms with Gasteiger partial charge in [0, 0.05) is 25.8 Å². The lowest BCUT2D eigenvalue weighted by molar-refractivity contribution is -0.136. The monoisotopic (exact) mass is 310 g/mol. The van der Waals surface area contributed by atoms with Gasteiger partial charge >= 0.3 is 11.8 Å². The molecule has 0 heterocycles. The normalized spacial score (nSPS) is 9.95. The van der Waals surface area contributed by atoms with Gasteiger partial charge in [0.25, 0.3) is 0 Å². The molecule has 0 aliphatic rings. The quantitative estimate of drug-likeness (QED) is 0.556. The zero-order valence-electron chi connectivity index (χ0n) is 13.1. The van der Waals surface area contributed by atoms with Crippen molar-refractivity contribution in [2.75, 3.05) is 39.3 Å². The summed E-state index contributed by atoms with van der Waals surface area (Å²) in [7, 11) is 3.00. The number of hydrogen-bond acceptors (Lipinski definition) is 5. The van der Waals surface area contributed by atoms with E-state index in [9.17, 15) is 9.59 Å². The number of amides is 2. The highest BCUT2D eigenvalue weighted by atomic mass is 16.5. The van der Waals surface area contributed by atoms with Gasteiger partial charge in [-0.1, -0.05) is 0 Å². The summed E-state index contributed by atoms with van der Waals surface area (Å²) in [4.78, 5) is 23.5. The van der Waals surface area contributed by atoms with Crippen LogP contribution in [-0.2, 0) is 14.3 Å². The second-order valence-electron chi connectivity index (χ2n) is 4.33. The topological polar surface area (TPSA) is 85.9 Å². The Morgan fingerprint density at radius 3 is 2.55 bits per heavy atom. The summed E-state index contributed by atoms with van der Waals surface area (Å²) in [5.41, 5.74) is 0.401. The van der Waals surface area contributed by atoms with Gasteiger partial charge in [-0.25, -0.2) is 0 Å². The molecule has 0 spiro atoms. The van der Waals surface area contributed by atoms with E-state index in [0.717, 1.165) is 0 Å². The van der Waals surface area contributed by atoms with Gasteiger partial charge in [0.15, 0.2) is 0 Å². The summed E-state index contributed by atoms with van der Waals surface area (Å²) in [6.45, 7) is 3.46. The molecule has 2 N–H and O–H groups in total. The second-order valence-corrected chi connectivity index (χ2v) is 4.33. The smallest absolute Gasteiger partial charge is 0.313 e. The number of ether oxygens (including phenoxy) is 3. The van der Waals surface area contributed by atoms with E-state index >= 15 is 0 Å². The Morgan fingerprint density at radius 2 is 1.91 bits per heavy atom. The van der Waals surface area contributed by atoms with Crippen LogP contribution in [-0.4, -0.2) is 45.8 Å². The maximum Gasteiger partial charge on any atom is 0.313 e. The number of carbonyl (C=O) groups excluding carboxylic acids is 2. The summed E-state index contributed by atoms with van der Waals surface area (Å²) >= 11 is 0. The number of carbonyl (C=O) groups is 2. The van der Waals surface area contributed by atoms with Crippen molar-refractivity contribution < 1.29 is 23.8 Å². The van der Waals surface area contributed by atoms with Crippen LogP contribution in [0.15, 0.2) is 18.2 Å². The van der Waals surface area contributed by atoms with Gasteiger partial charge < -0.3 is 24.8 Å². The Bertz CT molecular complexity index is 505. The van der Waals surface area contributed by atoms with Crippen LogP contribution in [0.1, 0.15) is 13.3 Å². The lowest BCUT2D eigenvalue weighted by Crippen LogP contribution is -2.36. The highest BCUT2D eigenvalue weighted by Crippen LogP contribution is 2.28. The number of benzene rings is 1. The Kier molecular flexibility index (Phi) is 7.77. The van der Waals surface area contributed by atoms with Gasteiger partial charge in [0.1, 0.15) is 11.5 Å². The number of hydrogen-bond donors (Lipinski definition) is 2.